The Bertz CT molecular complexity index is 753. The average Bonchev–Trinajstić information content (AvgIpc) is 3.04. The Balaban J connectivity index is 1.47. The van der Waals surface area contributed by atoms with Crippen molar-refractivity contribution in [3.63, 3.8) is 0 Å². The molecule has 0 amide bonds. The molecule has 4 nitrogen and oxygen atoms in total. The molecule has 0 bridgehead atoms. The number of oxazole rings is 1. The molecule has 0 spiro atoms. The molecule has 1 aliphatic carbocycles. The van der Waals surface area contributed by atoms with Crippen LogP contribution in [0.15, 0.2) is 22.6 Å². The fourth-order valence-electron chi connectivity index (χ4n) is 3.50. The third-order valence-electron chi connectivity index (χ3n) is 5.33. The van der Waals surface area contributed by atoms with Gasteiger partial charge in [0.15, 0.2) is 5.58 Å². The molecule has 1 fully saturated rings. The van der Waals surface area contributed by atoms with Gasteiger partial charge in [0, 0.05) is 23.9 Å². The van der Waals surface area contributed by atoms with Crippen molar-refractivity contribution < 1.29 is 8.81 Å². The topological polar surface area (TPSA) is 50.1 Å². The number of hydrogen-bond acceptors (Lipinski definition) is 4. The maximum atomic E-state index is 13.3. The van der Waals surface area contributed by atoms with E-state index in [0.29, 0.717) is 28.4 Å². The first kappa shape index (κ1) is 19.4. The maximum Gasteiger partial charge on any atom is 0.295 e. The molecule has 2 atom stereocenters. The summed E-state index contributed by atoms with van der Waals surface area (Å²) in [5, 5.41) is 6.42. The van der Waals surface area contributed by atoms with E-state index in [4.69, 9.17) is 4.42 Å². The van der Waals surface area contributed by atoms with Gasteiger partial charge in [0.1, 0.15) is 11.3 Å². The second-order valence-corrected chi connectivity index (χ2v) is 9.48. The number of fused-ring (bicyclic) bond motifs is 1. The number of benzene rings is 1. The largest absolute Gasteiger partial charge is 0.423 e. The predicted octanol–water partition coefficient (Wildman–Crippen LogP) is 5.33. The first-order chi connectivity index (χ1) is 12.6. The van der Waals surface area contributed by atoms with Crippen LogP contribution in [-0.4, -0.2) is 28.2 Å². The lowest BCUT2D eigenvalue weighted by Crippen LogP contribution is -2.30. The molecule has 1 saturated carbocycles. The molecular weight excluding hydrogens is 349 g/mol. The van der Waals surface area contributed by atoms with Crippen LogP contribution in [0.3, 0.4) is 0 Å². The molecule has 1 aromatic heterocycles. The summed E-state index contributed by atoms with van der Waals surface area (Å²) in [7, 11) is 0.225. The number of halogens is 1. The highest BCUT2D eigenvalue weighted by Gasteiger charge is 2.22. The predicted molar refractivity (Wildman–Crippen MR) is 110 cm³/mol. The van der Waals surface area contributed by atoms with E-state index in [1.54, 1.807) is 6.07 Å². The van der Waals surface area contributed by atoms with E-state index in [9.17, 15) is 4.39 Å². The van der Waals surface area contributed by atoms with Gasteiger partial charge in [-0.15, -0.1) is 10.7 Å². The second-order valence-electron chi connectivity index (χ2n) is 7.17. The van der Waals surface area contributed by atoms with Gasteiger partial charge in [0.25, 0.3) is 6.01 Å². The standard InChI is InChI=1S/C20H30FN3OS/c1-4-14(3)26(5-2)22-13-15-6-9-17(10-7-15)23-20-24-18-11-8-16(21)12-19(18)25-20/h5,8,11-12,14-15,17,22H,4,6-7,9-10,13H2,1-3H3,(H,23,24). The van der Waals surface area contributed by atoms with Gasteiger partial charge in [-0.1, -0.05) is 13.8 Å². The number of anilines is 1. The summed E-state index contributed by atoms with van der Waals surface area (Å²) >= 11 is 0. The van der Waals surface area contributed by atoms with E-state index in [-0.39, 0.29) is 16.5 Å². The maximum absolute atomic E-state index is 13.3. The number of aromatic nitrogens is 1. The van der Waals surface area contributed by atoms with Crippen molar-refractivity contribution in [1.29, 1.82) is 0 Å². The second kappa shape index (κ2) is 9.00. The minimum absolute atomic E-state index is 0.225. The van der Waals surface area contributed by atoms with Gasteiger partial charge in [-0.3, -0.25) is 4.72 Å². The van der Waals surface area contributed by atoms with Gasteiger partial charge >= 0.3 is 0 Å². The van der Waals surface area contributed by atoms with Crippen LogP contribution in [0.25, 0.3) is 11.1 Å². The molecule has 0 aliphatic heterocycles. The van der Waals surface area contributed by atoms with E-state index in [0.717, 1.165) is 25.3 Å². The highest BCUT2D eigenvalue weighted by Crippen LogP contribution is 2.29. The molecule has 0 saturated heterocycles. The Labute approximate surface area is 158 Å². The highest BCUT2D eigenvalue weighted by molar-refractivity contribution is 8.13. The summed E-state index contributed by atoms with van der Waals surface area (Å²) in [5.41, 5.74) is 1.19. The normalized spacial score (nSPS) is 23.2. The highest BCUT2D eigenvalue weighted by atomic mass is 32.2. The van der Waals surface area contributed by atoms with Crippen LogP contribution in [0.2, 0.25) is 0 Å². The molecule has 3 rings (SSSR count). The monoisotopic (exact) mass is 379 g/mol. The summed E-state index contributed by atoms with van der Waals surface area (Å²) in [5.74, 6) is 0.443. The lowest BCUT2D eigenvalue weighted by Gasteiger charge is -2.29. The SMILES string of the molecule is C/C=S(/NCC1CCC(Nc2nc3ccc(F)cc3o2)CC1)C(C)CC. The smallest absolute Gasteiger partial charge is 0.295 e. The summed E-state index contributed by atoms with van der Waals surface area (Å²) in [6, 6.07) is 5.34. The van der Waals surface area contributed by atoms with Gasteiger partial charge in [-0.25, -0.2) is 4.39 Å². The van der Waals surface area contributed by atoms with Gasteiger partial charge in [-0.05, 0) is 62.4 Å². The van der Waals surface area contributed by atoms with Crippen molar-refractivity contribution in [3.05, 3.63) is 24.0 Å². The third-order valence-corrected chi connectivity index (χ3v) is 7.53. The molecule has 144 valence electrons. The Morgan fingerprint density at radius 3 is 2.81 bits per heavy atom. The van der Waals surface area contributed by atoms with E-state index < -0.39 is 0 Å². The zero-order chi connectivity index (χ0) is 18.5. The molecule has 26 heavy (non-hydrogen) atoms. The average molecular weight is 380 g/mol. The summed E-state index contributed by atoms with van der Waals surface area (Å²) in [6.07, 6.45) is 5.87. The van der Waals surface area contributed by atoms with E-state index in [1.165, 1.54) is 31.4 Å². The van der Waals surface area contributed by atoms with E-state index >= 15 is 0 Å². The van der Waals surface area contributed by atoms with Crippen molar-refractivity contribution in [2.45, 2.75) is 64.2 Å². The Morgan fingerprint density at radius 1 is 1.35 bits per heavy atom. The third kappa shape index (κ3) is 4.86. The van der Waals surface area contributed by atoms with Crippen molar-refractivity contribution >= 4 is 33.2 Å². The summed E-state index contributed by atoms with van der Waals surface area (Å²) in [6.45, 7) is 7.85. The van der Waals surface area contributed by atoms with Crippen LogP contribution >= 0.6 is 10.7 Å². The molecule has 1 heterocycles. The number of nitrogens with one attached hydrogen (secondary N) is 2. The van der Waals surface area contributed by atoms with Crippen LogP contribution < -0.4 is 10.0 Å². The molecular formula is C20H30FN3OS. The molecule has 2 N–H and O–H groups in total. The molecule has 6 heteroatoms. The fraction of sp³-hybridized carbons (Fsp3) is 0.600. The zero-order valence-corrected chi connectivity index (χ0v) is 16.7. The van der Waals surface area contributed by atoms with Crippen LogP contribution in [0.4, 0.5) is 10.4 Å². The quantitative estimate of drug-likeness (QED) is 0.638. The molecule has 2 unspecified atom stereocenters. The molecule has 1 aliphatic rings. The molecule has 2 aromatic rings. The van der Waals surface area contributed by atoms with Crippen molar-refractivity contribution in [2.24, 2.45) is 5.92 Å². The minimum Gasteiger partial charge on any atom is -0.423 e. The first-order valence-corrected chi connectivity index (χ1v) is 11.0. The van der Waals surface area contributed by atoms with E-state index in [1.807, 2.05) is 0 Å². The number of nitrogens with zero attached hydrogens (tertiary/aromatic N) is 1. The Morgan fingerprint density at radius 2 is 2.12 bits per heavy atom. The van der Waals surface area contributed by atoms with Crippen LogP contribution in [-0.2, 0) is 0 Å². The molecule has 0 radical (unpaired) electrons. The van der Waals surface area contributed by atoms with Crippen LogP contribution in [0, 0.1) is 11.7 Å². The van der Waals surface area contributed by atoms with Gasteiger partial charge in [0.05, 0.1) is 0 Å². The number of rotatable bonds is 7. The van der Waals surface area contributed by atoms with Gasteiger partial charge < -0.3 is 9.73 Å². The van der Waals surface area contributed by atoms with Crippen LogP contribution in [0.1, 0.15) is 52.9 Å². The Kier molecular flexibility index (Phi) is 6.70. The minimum atomic E-state index is -0.297. The van der Waals surface area contributed by atoms with Crippen molar-refractivity contribution in [2.75, 3.05) is 11.9 Å². The zero-order valence-electron chi connectivity index (χ0n) is 15.9. The Hall–Kier alpha value is -1.40. The summed E-state index contributed by atoms with van der Waals surface area (Å²) < 4.78 is 22.7. The van der Waals surface area contributed by atoms with Crippen molar-refractivity contribution in [3.8, 4) is 0 Å². The number of hydrogen-bond donors (Lipinski definition) is 2. The van der Waals surface area contributed by atoms with Gasteiger partial charge in [-0.2, -0.15) is 4.98 Å². The van der Waals surface area contributed by atoms with E-state index in [2.05, 4.69) is 41.2 Å². The van der Waals surface area contributed by atoms with Gasteiger partial charge in [0.2, 0.25) is 0 Å². The summed E-state index contributed by atoms with van der Waals surface area (Å²) in [4.78, 5) is 4.41. The van der Waals surface area contributed by atoms with Crippen LogP contribution in [0.5, 0.6) is 0 Å². The first-order valence-electron chi connectivity index (χ1n) is 9.66. The lowest BCUT2D eigenvalue weighted by molar-refractivity contribution is 0.336. The van der Waals surface area contributed by atoms with Crippen molar-refractivity contribution in [1.82, 2.24) is 9.71 Å². The fourth-order valence-corrected chi connectivity index (χ4v) is 5.20. The lowest BCUT2D eigenvalue weighted by atomic mass is 9.86. The molecule has 1 aromatic carbocycles.